The number of nitrogens with one attached hydrogen (secondary N) is 2. The number of hydrogen-bond acceptors (Lipinski definition) is 3. The maximum Gasteiger partial charge on any atom is 0.257 e. The van der Waals surface area contributed by atoms with Crippen LogP contribution in [0.15, 0.2) is 42.5 Å². The minimum absolute atomic E-state index is 0.204. The average molecular weight is 283 g/mol. The number of carbonyl (C=O) groups is 2. The maximum absolute atomic E-state index is 12.3. The fourth-order valence-corrected chi connectivity index (χ4v) is 1.94. The number of nitrogens with two attached hydrogens (primary N) is 1. The first-order chi connectivity index (χ1) is 9.97. The van der Waals surface area contributed by atoms with E-state index in [4.69, 9.17) is 5.73 Å². The minimum Gasteiger partial charge on any atom is -0.398 e. The van der Waals surface area contributed by atoms with Gasteiger partial charge in [-0.3, -0.25) is 9.59 Å². The van der Waals surface area contributed by atoms with Crippen LogP contribution in [0.5, 0.6) is 0 Å². The van der Waals surface area contributed by atoms with Gasteiger partial charge in [-0.25, -0.2) is 0 Å². The van der Waals surface area contributed by atoms with Gasteiger partial charge in [-0.1, -0.05) is 18.2 Å². The van der Waals surface area contributed by atoms with E-state index in [0.717, 1.165) is 11.3 Å². The number of benzene rings is 2. The van der Waals surface area contributed by atoms with Crippen molar-refractivity contribution < 1.29 is 9.59 Å². The molecule has 5 heteroatoms. The maximum atomic E-state index is 12.3. The molecule has 0 heterocycles. The molecular weight excluding hydrogens is 266 g/mol. The summed E-state index contributed by atoms with van der Waals surface area (Å²) in [5, 5.41) is 5.44. The Kier molecular flexibility index (Phi) is 4.23. The lowest BCUT2D eigenvalue weighted by molar-refractivity contribution is -0.114. The summed E-state index contributed by atoms with van der Waals surface area (Å²) < 4.78 is 0. The van der Waals surface area contributed by atoms with Crippen molar-refractivity contribution in [2.45, 2.75) is 13.8 Å². The van der Waals surface area contributed by atoms with Crippen LogP contribution in [0.1, 0.15) is 22.8 Å². The highest BCUT2D eigenvalue weighted by atomic mass is 16.2. The van der Waals surface area contributed by atoms with Crippen LogP contribution in [0, 0.1) is 6.92 Å². The van der Waals surface area contributed by atoms with Crippen LogP contribution >= 0.6 is 0 Å². The van der Waals surface area contributed by atoms with Crippen molar-refractivity contribution in [1.82, 2.24) is 0 Å². The van der Waals surface area contributed by atoms with Gasteiger partial charge in [0.15, 0.2) is 0 Å². The third-order valence-corrected chi connectivity index (χ3v) is 3.01. The fourth-order valence-electron chi connectivity index (χ4n) is 1.94. The van der Waals surface area contributed by atoms with Crippen molar-refractivity contribution in [2.75, 3.05) is 16.4 Å². The van der Waals surface area contributed by atoms with Gasteiger partial charge < -0.3 is 16.4 Å². The average Bonchev–Trinajstić information content (AvgIpc) is 2.43. The first-order valence-electron chi connectivity index (χ1n) is 6.51. The Hall–Kier alpha value is -2.82. The number of aryl methyl sites for hydroxylation is 1. The lowest BCUT2D eigenvalue weighted by Crippen LogP contribution is -2.15. The van der Waals surface area contributed by atoms with Crippen LogP contribution in [0.4, 0.5) is 17.1 Å². The summed E-state index contributed by atoms with van der Waals surface area (Å²) in [6.45, 7) is 3.32. The highest BCUT2D eigenvalue weighted by Gasteiger charge is 2.12. The van der Waals surface area contributed by atoms with Crippen LogP contribution < -0.4 is 16.4 Å². The zero-order valence-electron chi connectivity index (χ0n) is 11.9. The summed E-state index contributed by atoms with van der Waals surface area (Å²) in [4.78, 5) is 23.4. The van der Waals surface area contributed by atoms with E-state index in [0.29, 0.717) is 16.9 Å². The van der Waals surface area contributed by atoms with Crippen molar-refractivity contribution in [2.24, 2.45) is 0 Å². The van der Waals surface area contributed by atoms with Gasteiger partial charge in [0.25, 0.3) is 5.91 Å². The Morgan fingerprint density at radius 3 is 2.43 bits per heavy atom. The van der Waals surface area contributed by atoms with E-state index in [9.17, 15) is 9.59 Å². The number of rotatable bonds is 3. The first-order valence-corrected chi connectivity index (χ1v) is 6.51. The number of carbonyl (C=O) groups excluding carboxylic acids is 2. The van der Waals surface area contributed by atoms with Crippen LogP contribution in [0.2, 0.25) is 0 Å². The standard InChI is InChI=1S/C16H17N3O2/c1-10-5-3-4-6-15(10)19-16(21)13-9-12(18-11(2)20)7-8-14(13)17/h3-9H,17H2,1-2H3,(H,18,20)(H,19,21). The topological polar surface area (TPSA) is 84.2 Å². The van der Waals surface area contributed by atoms with E-state index in [1.54, 1.807) is 18.2 Å². The highest BCUT2D eigenvalue weighted by molar-refractivity contribution is 6.09. The second-order valence-corrected chi connectivity index (χ2v) is 4.75. The summed E-state index contributed by atoms with van der Waals surface area (Å²) in [6.07, 6.45) is 0. The zero-order valence-corrected chi connectivity index (χ0v) is 11.9. The summed E-state index contributed by atoms with van der Waals surface area (Å²) in [6, 6.07) is 12.3. The minimum atomic E-state index is -0.311. The van der Waals surface area contributed by atoms with E-state index in [2.05, 4.69) is 10.6 Å². The third-order valence-electron chi connectivity index (χ3n) is 3.01. The molecule has 0 saturated heterocycles. The van der Waals surface area contributed by atoms with Gasteiger partial charge in [-0.05, 0) is 36.8 Å². The zero-order chi connectivity index (χ0) is 15.4. The van der Waals surface area contributed by atoms with Gasteiger partial charge in [0.2, 0.25) is 5.91 Å². The van der Waals surface area contributed by atoms with Crippen LogP contribution in [-0.4, -0.2) is 11.8 Å². The predicted molar refractivity (Wildman–Crippen MR) is 84.3 cm³/mol. The molecule has 0 bridgehead atoms. The third kappa shape index (κ3) is 3.60. The molecule has 2 aromatic carbocycles. The molecule has 2 amide bonds. The molecule has 0 atom stereocenters. The molecule has 2 rings (SSSR count). The number of amides is 2. The Balaban J connectivity index is 2.26. The van der Waals surface area contributed by atoms with E-state index in [1.165, 1.54) is 6.92 Å². The molecule has 2 aromatic rings. The molecule has 0 aromatic heterocycles. The molecule has 108 valence electrons. The summed E-state index contributed by atoms with van der Waals surface area (Å²) in [5.41, 5.74) is 8.74. The van der Waals surface area contributed by atoms with Gasteiger partial charge in [0.1, 0.15) is 0 Å². The smallest absolute Gasteiger partial charge is 0.257 e. The Labute approximate surface area is 123 Å². The summed E-state index contributed by atoms with van der Waals surface area (Å²) in [7, 11) is 0. The molecule has 0 radical (unpaired) electrons. The van der Waals surface area contributed by atoms with Gasteiger partial charge in [-0.15, -0.1) is 0 Å². The van der Waals surface area contributed by atoms with Crippen molar-refractivity contribution in [3.05, 3.63) is 53.6 Å². The van der Waals surface area contributed by atoms with Gasteiger partial charge >= 0.3 is 0 Å². The van der Waals surface area contributed by atoms with Crippen LogP contribution in [0.3, 0.4) is 0 Å². The van der Waals surface area contributed by atoms with Gasteiger partial charge in [-0.2, -0.15) is 0 Å². The number of hydrogen-bond donors (Lipinski definition) is 3. The first kappa shape index (κ1) is 14.6. The summed E-state index contributed by atoms with van der Waals surface area (Å²) >= 11 is 0. The fraction of sp³-hybridized carbons (Fsp3) is 0.125. The van der Waals surface area contributed by atoms with E-state index >= 15 is 0 Å². The van der Waals surface area contributed by atoms with Crippen molar-refractivity contribution in [3.8, 4) is 0 Å². The monoisotopic (exact) mass is 283 g/mol. The van der Waals surface area contributed by atoms with Crippen molar-refractivity contribution >= 4 is 28.9 Å². The van der Waals surface area contributed by atoms with Crippen molar-refractivity contribution in [3.63, 3.8) is 0 Å². The molecule has 21 heavy (non-hydrogen) atoms. The van der Waals surface area contributed by atoms with E-state index < -0.39 is 0 Å². The predicted octanol–water partition coefficient (Wildman–Crippen LogP) is 2.79. The Bertz CT molecular complexity index is 696. The van der Waals surface area contributed by atoms with Crippen LogP contribution in [-0.2, 0) is 4.79 Å². The van der Waals surface area contributed by atoms with Crippen LogP contribution in [0.25, 0.3) is 0 Å². The second kappa shape index (κ2) is 6.09. The molecule has 0 aliphatic heterocycles. The normalized spacial score (nSPS) is 10.0. The molecule has 5 nitrogen and oxygen atoms in total. The quantitative estimate of drug-likeness (QED) is 0.757. The summed E-state index contributed by atoms with van der Waals surface area (Å²) in [5.74, 6) is -0.515. The SMILES string of the molecule is CC(=O)Nc1ccc(N)c(C(=O)Nc2ccccc2C)c1. The van der Waals surface area contributed by atoms with Crippen molar-refractivity contribution in [1.29, 1.82) is 0 Å². The van der Waals surface area contributed by atoms with E-state index in [-0.39, 0.29) is 11.8 Å². The lowest BCUT2D eigenvalue weighted by atomic mass is 10.1. The Morgan fingerprint density at radius 2 is 1.76 bits per heavy atom. The highest BCUT2D eigenvalue weighted by Crippen LogP contribution is 2.21. The largest absolute Gasteiger partial charge is 0.398 e. The number of para-hydroxylation sites is 1. The molecule has 0 aliphatic carbocycles. The van der Waals surface area contributed by atoms with Gasteiger partial charge in [0, 0.05) is 24.0 Å². The molecule has 0 aliphatic rings. The molecule has 0 unspecified atom stereocenters. The second-order valence-electron chi connectivity index (χ2n) is 4.75. The number of nitrogen functional groups attached to an aromatic ring is 1. The molecule has 0 spiro atoms. The number of anilines is 3. The van der Waals surface area contributed by atoms with Gasteiger partial charge in [0.05, 0.1) is 5.56 Å². The van der Waals surface area contributed by atoms with E-state index in [1.807, 2.05) is 31.2 Å². The lowest BCUT2D eigenvalue weighted by Gasteiger charge is -2.11. The molecular formula is C16H17N3O2. The molecule has 4 N–H and O–H groups in total. The molecule has 0 fully saturated rings. The Morgan fingerprint density at radius 1 is 1.05 bits per heavy atom. The molecule has 0 saturated carbocycles.